The zero-order valence-corrected chi connectivity index (χ0v) is 19.5. The van der Waals surface area contributed by atoms with Crippen LogP contribution in [0.15, 0.2) is 71.4 Å². The first-order valence-corrected chi connectivity index (χ1v) is 11.1. The molecule has 3 rings (SSSR count). The smallest absolute Gasteiger partial charge is 0.367 e. The molecule has 0 spiro atoms. The predicted molar refractivity (Wildman–Crippen MR) is 126 cm³/mol. The number of rotatable bonds is 8. The summed E-state index contributed by atoms with van der Waals surface area (Å²) < 4.78 is 41.5. The number of isothiocyanates is 1. The lowest BCUT2D eigenvalue weighted by atomic mass is 10.0. The van der Waals surface area contributed by atoms with Gasteiger partial charge in [0.25, 0.3) is 0 Å². The largest absolute Gasteiger partial charge is 0.431 e. The standard InChI is InChI=1S/C25H26F3N3OS/c1-16(29-15-33)19-10-7-11-20(12-19)21-13-22(21)31(3)23(25(26,27)28)14-24(32)30-17(2)18-8-5-4-6-9-18/h4-12,14,16-17,21-22H,13H2,1-3H3,(H,30,32)/b23-14-/t16?,17?,21?,22-/m0/s1. The number of likely N-dealkylation sites (N-methyl/N-ethyl adjacent to an activating group) is 1. The van der Waals surface area contributed by atoms with Gasteiger partial charge in [-0.15, -0.1) is 0 Å². The Bertz CT molecular complexity index is 1060. The molecule has 1 aliphatic rings. The number of carbonyl (C=O) groups is 1. The first-order chi connectivity index (χ1) is 15.6. The summed E-state index contributed by atoms with van der Waals surface area (Å²) in [6, 6.07) is 15.8. The van der Waals surface area contributed by atoms with Gasteiger partial charge in [-0.05, 0) is 49.2 Å². The number of halogens is 3. The van der Waals surface area contributed by atoms with Crippen molar-refractivity contribution in [1.82, 2.24) is 10.2 Å². The van der Waals surface area contributed by atoms with Crippen LogP contribution < -0.4 is 5.32 Å². The molecule has 0 saturated heterocycles. The fourth-order valence-corrected chi connectivity index (χ4v) is 4.10. The van der Waals surface area contributed by atoms with Crippen LogP contribution in [0.1, 0.15) is 55.0 Å². The summed E-state index contributed by atoms with van der Waals surface area (Å²) in [5.41, 5.74) is 1.73. The van der Waals surface area contributed by atoms with Crippen molar-refractivity contribution in [2.24, 2.45) is 4.99 Å². The summed E-state index contributed by atoms with van der Waals surface area (Å²) in [5, 5.41) is 4.98. The van der Waals surface area contributed by atoms with Crippen LogP contribution in [0, 0.1) is 0 Å². The summed E-state index contributed by atoms with van der Waals surface area (Å²) in [4.78, 5) is 17.7. The van der Waals surface area contributed by atoms with Crippen molar-refractivity contribution in [2.45, 2.75) is 50.5 Å². The maximum atomic E-state index is 13.8. The molecule has 1 saturated carbocycles. The third kappa shape index (κ3) is 6.30. The highest BCUT2D eigenvalue weighted by Crippen LogP contribution is 2.47. The average molecular weight is 474 g/mol. The molecule has 0 aliphatic heterocycles. The minimum Gasteiger partial charge on any atom is -0.367 e. The Morgan fingerprint density at radius 2 is 1.85 bits per heavy atom. The van der Waals surface area contributed by atoms with Gasteiger partial charge in [0.1, 0.15) is 5.70 Å². The van der Waals surface area contributed by atoms with E-state index in [0.29, 0.717) is 12.5 Å². The van der Waals surface area contributed by atoms with E-state index in [-0.39, 0.29) is 18.0 Å². The van der Waals surface area contributed by atoms with E-state index >= 15 is 0 Å². The maximum Gasteiger partial charge on any atom is 0.431 e. The zero-order chi connectivity index (χ0) is 24.2. The van der Waals surface area contributed by atoms with E-state index in [1.54, 1.807) is 6.92 Å². The molecule has 4 nitrogen and oxygen atoms in total. The van der Waals surface area contributed by atoms with Gasteiger partial charge in [-0.2, -0.15) is 13.2 Å². The number of allylic oxidation sites excluding steroid dienone is 1. The van der Waals surface area contributed by atoms with Gasteiger partial charge in [-0.3, -0.25) is 4.79 Å². The van der Waals surface area contributed by atoms with Gasteiger partial charge in [0, 0.05) is 25.1 Å². The molecule has 0 bridgehead atoms. The van der Waals surface area contributed by atoms with E-state index in [0.717, 1.165) is 16.7 Å². The van der Waals surface area contributed by atoms with E-state index in [1.165, 1.54) is 11.9 Å². The molecule has 2 aromatic rings. The number of hydrogen-bond acceptors (Lipinski definition) is 4. The normalized spacial score (nSPS) is 19.8. The van der Waals surface area contributed by atoms with Crippen molar-refractivity contribution < 1.29 is 18.0 Å². The van der Waals surface area contributed by atoms with Crippen molar-refractivity contribution in [3.05, 3.63) is 83.1 Å². The third-order valence-electron chi connectivity index (χ3n) is 5.92. The molecule has 1 amide bonds. The van der Waals surface area contributed by atoms with Crippen LogP contribution in [0.3, 0.4) is 0 Å². The highest BCUT2D eigenvalue weighted by Gasteiger charge is 2.47. The van der Waals surface area contributed by atoms with Crippen LogP contribution >= 0.6 is 12.2 Å². The number of thiocarbonyl (C=S) groups is 1. The molecular formula is C25H26F3N3OS. The summed E-state index contributed by atoms with van der Waals surface area (Å²) in [7, 11) is 1.39. The second-order valence-corrected chi connectivity index (χ2v) is 8.44. The molecular weight excluding hydrogens is 447 g/mol. The number of aliphatic imine (C=N–C) groups is 1. The Kier molecular flexibility index (Phi) is 7.72. The summed E-state index contributed by atoms with van der Waals surface area (Å²) >= 11 is 4.66. The maximum absolute atomic E-state index is 13.8. The fourth-order valence-electron chi connectivity index (χ4n) is 3.94. The van der Waals surface area contributed by atoms with Gasteiger partial charge in [0.05, 0.1) is 17.2 Å². The van der Waals surface area contributed by atoms with E-state index in [4.69, 9.17) is 0 Å². The van der Waals surface area contributed by atoms with E-state index in [2.05, 4.69) is 27.7 Å². The van der Waals surface area contributed by atoms with Crippen molar-refractivity contribution >= 4 is 23.3 Å². The molecule has 2 aromatic carbocycles. The molecule has 4 atom stereocenters. The molecule has 8 heteroatoms. The Labute approximate surface area is 197 Å². The summed E-state index contributed by atoms with van der Waals surface area (Å²) in [6.07, 6.45) is -3.43. The van der Waals surface area contributed by atoms with Gasteiger partial charge >= 0.3 is 6.18 Å². The number of alkyl halides is 3. The van der Waals surface area contributed by atoms with Crippen LogP contribution in [0.5, 0.6) is 0 Å². The van der Waals surface area contributed by atoms with Gasteiger partial charge in [-0.25, -0.2) is 4.99 Å². The quantitative estimate of drug-likeness (QED) is 0.292. The van der Waals surface area contributed by atoms with Crippen LogP contribution in [-0.4, -0.2) is 35.2 Å². The van der Waals surface area contributed by atoms with Crippen LogP contribution in [0.2, 0.25) is 0 Å². The van der Waals surface area contributed by atoms with Crippen molar-refractivity contribution in [1.29, 1.82) is 0 Å². The second-order valence-electron chi connectivity index (χ2n) is 8.26. The monoisotopic (exact) mass is 473 g/mol. The van der Waals surface area contributed by atoms with Crippen molar-refractivity contribution in [3.8, 4) is 0 Å². The highest BCUT2D eigenvalue weighted by molar-refractivity contribution is 7.78. The van der Waals surface area contributed by atoms with Gasteiger partial charge in [0.2, 0.25) is 5.91 Å². The van der Waals surface area contributed by atoms with Crippen LogP contribution in [-0.2, 0) is 4.79 Å². The molecule has 0 aromatic heterocycles. The number of carbonyl (C=O) groups excluding carboxylic acids is 1. The topological polar surface area (TPSA) is 44.7 Å². The Hall–Kier alpha value is -2.96. The lowest BCUT2D eigenvalue weighted by Gasteiger charge is -2.25. The highest BCUT2D eigenvalue weighted by atomic mass is 32.1. The first-order valence-electron chi connectivity index (χ1n) is 10.7. The van der Waals surface area contributed by atoms with Crippen molar-refractivity contribution in [2.75, 3.05) is 7.05 Å². The number of nitrogens with zero attached hydrogens (tertiary/aromatic N) is 2. The number of amides is 1. The van der Waals surface area contributed by atoms with Crippen molar-refractivity contribution in [3.63, 3.8) is 0 Å². The Morgan fingerprint density at radius 3 is 2.48 bits per heavy atom. The Morgan fingerprint density at radius 1 is 1.18 bits per heavy atom. The number of hydrogen-bond donors (Lipinski definition) is 1. The molecule has 3 unspecified atom stereocenters. The Balaban J connectivity index is 1.74. The second kappa shape index (κ2) is 10.3. The van der Waals surface area contributed by atoms with Gasteiger partial charge in [0.15, 0.2) is 0 Å². The molecule has 1 N–H and O–H groups in total. The lowest BCUT2D eigenvalue weighted by molar-refractivity contribution is -0.121. The van der Waals surface area contributed by atoms with Gasteiger partial charge in [-0.1, -0.05) is 54.6 Å². The van der Waals surface area contributed by atoms with Crippen LogP contribution in [0.4, 0.5) is 13.2 Å². The minimum atomic E-state index is -4.65. The zero-order valence-electron chi connectivity index (χ0n) is 18.6. The minimum absolute atomic E-state index is 0.0596. The summed E-state index contributed by atoms with van der Waals surface area (Å²) in [6.45, 7) is 3.62. The number of nitrogens with one attached hydrogen (secondary N) is 1. The van der Waals surface area contributed by atoms with E-state index < -0.39 is 23.8 Å². The lowest BCUT2D eigenvalue weighted by Crippen LogP contribution is -2.34. The third-order valence-corrected chi connectivity index (χ3v) is 6.02. The molecule has 1 fully saturated rings. The molecule has 0 heterocycles. The first kappa shape index (κ1) is 24.7. The van der Waals surface area contributed by atoms with Gasteiger partial charge < -0.3 is 10.2 Å². The van der Waals surface area contributed by atoms with E-state index in [9.17, 15) is 18.0 Å². The molecule has 0 radical (unpaired) electrons. The molecule has 174 valence electrons. The SMILES string of the molecule is CC(N=C=S)c1cccc(C2C[C@@H]2N(C)/C(=C\C(=O)NC(C)c2ccccc2)C(F)(F)F)c1. The fraction of sp³-hybridized carbons (Fsp3) is 0.360. The number of benzene rings is 2. The average Bonchev–Trinajstić information content (AvgIpc) is 3.58. The van der Waals surface area contributed by atoms with E-state index in [1.807, 2.05) is 61.5 Å². The molecule has 1 aliphatic carbocycles. The molecule has 33 heavy (non-hydrogen) atoms. The van der Waals surface area contributed by atoms with Crippen LogP contribution in [0.25, 0.3) is 0 Å². The summed E-state index contributed by atoms with van der Waals surface area (Å²) in [5.74, 6) is -0.841. The predicted octanol–water partition coefficient (Wildman–Crippen LogP) is 5.96.